The highest BCUT2D eigenvalue weighted by Gasteiger charge is 2.27. The van der Waals surface area contributed by atoms with Crippen LogP contribution in [0.3, 0.4) is 0 Å². The van der Waals surface area contributed by atoms with Crippen molar-refractivity contribution in [2.24, 2.45) is 11.8 Å². The predicted octanol–water partition coefficient (Wildman–Crippen LogP) is 3.05. The van der Waals surface area contributed by atoms with Crippen molar-refractivity contribution in [2.75, 3.05) is 7.11 Å². The van der Waals surface area contributed by atoms with E-state index in [0.717, 1.165) is 12.8 Å². The Morgan fingerprint density at radius 1 is 1.43 bits per heavy atom. The Hall–Kier alpha value is -0.370. The summed E-state index contributed by atoms with van der Waals surface area (Å²) in [4.78, 5) is 11.3. The molecule has 84 valence electrons. The molecule has 0 saturated carbocycles. The Labute approximate surface area is 88.0 Å². The minimum Gasteiger partial charge on any atom is -0.379 e. The van der Waals surface area contributed by atoms with Crippen LogP contribution in [0.5, 0.6) is 0 Å². The Bertz CT molecular complexity index is 185. The Morgan fingerprint density at radius 2 is 1.93 bits per heavy atom. The van der Waals surface area contributed by atoms with Crippen LogP contribution in [0.15, 0.2) is 0 Å². The first-order valence-electron chi connectivity index (χ1n) is 5.39. The molecule has 0 aliphatic carbocycles. The third kappa shape index (κ3) is 4.23. The minimum absolute atomic E-state index is 0.123. The number of carbonyl (C=O) groups is 1. The van der Waals surface area contributed by atoms with Gasteiger partial charge in [-0.3, -0.25) is 4.79 Å². The van der Waals surface area contributed by atoms with Crippen molar-refractivity contribution in [1.82, 2.24) is 0 Å². The summed E-state index contributed by atoms with van der Waals surface area (Å²) in [5.41, 5.74) is -0.123. The van der Waals surface area contributed by atoms with Gasteiger partial charge in [-0.1, -0.05) is 13.8 Å². The molecular weight excluding hydrogens is 176 g/mol. The molecule has 0 saturated heterocycles. The zero-order valence-electron chi connectivity index (χ0n) is 10.4. The van der Waals surface area contributed by atoms with Crippen molar-refractivity contribution in [2.45, 2.75) is 53.1 Å². The molecular formula is C12H24O2. The first-order chi connectivity index (χ1) is 6.34. The monoisotopic (exact) mass is 200 g/mol. The van der Waals surface area contributed by atoms with E-state index in [-0.39, 0.29) is 11.5 Å². The van der Waals surface area contributed by atoms with E-state index in [0.29, 0.717) is 11.7 Å². The quantitative estimate of drug-likeness (QED) is 0.658. The van der Waals surface area contributed by atoms with Crippen molar-refractivity contribution in [1.29, 1.82) is 0 Å². The van der Waals surface area contributed by atoms with Crippen LogP contribution in [-0.2, 0) is 9.53 Å². The number of Topliss-reactive ketones (excluding diaryl/α,β-unsaturated/α-hetero) is 1. The van der Waals surface area contributed by atoms with Crippen molar-refractivity contribution >= 4 is 5.78 Å². The molecule has 0 N–H and O–H groups in total. The molecule has 2 atom stereocenters. The molecule has 0 bridgehead atoms. The number of methoxy groups -OCH3 is 1. The summed E-state index contributed by atoms with van der Waals surface area (Å²) in [6.45, 7) is 10.0. The molecule has 0 aromatic carbocycles. The van der Waals surface area contributed by atoms with Crippen LogP contribution in [0.2, 0.25) is 0 Å². The number of rotatable bonds is 6. The Morgan fingerprint density at radius 3 is 2.21 bits per heavy atom. The van der Waals surface area contributed by atoms with Gasteiger partial charge in [-0.15, -0.1) is 0 Å². The number of hydrogen-bond acceptors (Lipinski definition) is 2. The van der Waals surface area contributed by atoms with Crippen LogP contribution in [0, 0.1) is 11.8 Å². The molecule has 0 fully saturated rings. The van der Waals surface area contributed by atoms with Crippen LogP contribution >= 0.6 is 0 Å². The highest BCUT2D eigenvalue weighted by molar-refractivity contribution is 5.78. The highest BCUT2D eigenvalue weighted by atomic mass is 16.5. The fourth-order valence-electron chi connectivity index (χ4n) is 2.09. The second kappa shape index (κ2) is 5.50. The van der Waals surface area contributed by atoms with E-state index in [9.17, 15) is 4.79 Å². The molecule has 0 aliphatic heterocycles. The van der Waals surface area contributed by atoms with Gasteiger partial charge in [0.1, 0.15) is 5.78 Å². The zero-order valence-corrected chi connectivity index (χ0v) is 10.4. The fraction of sp³-hybridized carbons (Fsp3) is 0.917. The lowest BCUT2D eigenvalue weighted by Gasteiger charge is -2.29. The van der Waals surface area contributed by atoms with Gasteiger partial charge in [0.05, 0.1) is 5.60 Å². The van der Waals surface area contributed by atoms with Crippen LogP contribution in [-0.4, -0.2) is 18.5 Å². The number of ether oxygens (including phenoxy) is 1. The summed E-state index contributed by atoms with van der Waals surface area (Å²) >= 11 is 0. The van der Waals surface area contributed by atoms with Gasteiger partial charge in [-0.05, 0) is 39.5 Å². The van der Waals surface area contributed by atoms with E-state index in [1.165, 1.54) is 0 Å². The van der Waals surface area contributed by atoms with Crippen LogP contribution < -0.4 is 0 Å². The van der Waals surface area contributed by atoms with Gasteiger partial charge in [0.25, 0.3) is 0 Å². The third-order valence-electron chi connectivity index (χ3n) is 3.02. The van der Waals surface area contributed by atoms with Gasteiger partial charge in [0.15, 0.2) is 0 Å². The molecule has 2 unspecified atom stereocenters. The van der Waals surface area contributed by atoms with Crippen LogP contribution in [0.1, 0.15) is 47.5 Å². The van der Waals surface area contributed by atoms with Crippen molar-refractivity contribution < 1.29 is 9.53 Å². The molecule has 0 radical (unpaired) electrons. The molecule has 14 heavy (non-hydrogen) atoms. The average molecular weight is 200 g/mol. The maximum Gasteiger partial charge on any atom is 0.133 e. The largest absolute Gasteiger partial charge is 0.379 e. The molecule has 2 heteroatoms. The first kappa shape index (κ1) is 13.6. The third-order valence-corrected chi connectivity index (χ3v) is 3.02. The first-order valence-corrected chi connectivity index (χ1v) is 5.39. The minimum atomic E-state index is -0.123. The van der Waals surface area contributed by atoms with Gasteiger partial charge in [0, 0.05) is 13.0 Å². The summed E-state index contributed by atoms with van der Waals surface area (Å²) < 4.78 is 5.37. The Kier molecular flexibility index (Phi) is 5.35. The maximum absolute atomic E-state index is 11.3. The van der Waals surface area contributed by atoms with E-state index >= 15 is 0 Å². The van der Waals surface area contributed by atoms with E-state index in [2.05, 4.69) is 27.7 Å². The van der Waals surface area contributed by atoms with Crippen LogP contribution in [0.25, 0.3) is 0 Å². The van der Waals surface area contributed by atoms with Crippen molar-refractivity contribution in [3.05, 3.63) is 0 Å². The van der Waals surface area contributed by atoms with Crippen molar-refractivity contribution in [3.63, 3.8) is 0 Å². The molecule has 0 aliphatic rings. The van der Waals surface area contributed by atoms with Gasteiger partial charge in [-0.25, -0.2) is 0 Å². The fourth-order valence-corrected chi connectivity index (χ4v) is 2.09. The molecule has 2 nitrogen and oxygen atoms in total. The lowest BCUT2D eigenvalue weighted by molar-refractivity contribution is -0.123. The summed E-state index contributed by atoms with van der Waals surface area (Å²) in [6, 6.07) is 0. The van der Waals surface area contributed by atoms with Gasteiger partial charge in [0.2, 0.25) is 0 Å². The second-order valence-corrected chi connectivity index (χ2v) is 4.77. The maximum atomic E-state index is 11.3. The van der Waals surface area contributed by atoms with E-state index < -0.39 is 0 Å². The zero-order chi connectivity index (χ0) is 11.4. The normalized spacial score (nSPS) is 16.4. The smallest absolute Gasteiger partial charge is 0.133 e. The highest BCUT2D eigenvalue weighted by Crippen LogP contribution is 2.27. The summed E-state index contributed by atoms with van der Waals surface area (Å²) in [5, 5.41) is 0. The van der Waals surface area contributed by atoms with Gasteiger partial charge < -0.3 is 4.74 Å². The standard InChI is InChI=1S/C12H24O2/c1-7-11(10(3)13)9(2)8-12(4,5)14-6/h9,11H,7-8H2,1-6H3. The van der Waals surface area contributed by atoms with Crippen LogP contribution in [0.4, 0.5) is 0 Å². The number of ketones is 1. The number of carbonyl (C=O) groups excluding carboxylic acids is 1. The van der Waals surface area contributed by atoms with E-state index in [4.69, 9.17) is 4.74 Å². The summed E-state index contributed by atoms with van der Waals surface area (Å²) in [6.07, 6.45) is 1.86. The lowest BCUT2D eigenvalue weighted by Crippen LogP contribution is -2.30. The molecule has 0 aromatic heterocycles. The Balaban J connectivity index is 4.31. The predicted molar refractivity (Wildman–Crippen MR) is 59.3 cm³/mol. The molecule has 0 spiro atoms. The molecule has 0 heterocycles. The van der Waals surface area contributed by atoms with E-state index in [1.807, 2.05) is 0 Å². The number of hydrogen-bond donors (Lipinski definition) is 0. The van der Waals surface area contributed by atoms with Crippen molar-refractivity contribution in [3.8, 4) is 0 Å². The van der Waals surface area contributed by atoms with Gasteiger partial charge >= 0.3 is 0 Å². The summed E-state index contributed by atoms with van der Waals surface area (Å²) in [7, 11) is 1.72. The average Bonchev–Trinajstić information content (AvgIpc) is 2.03. The van der Waals surface area contributed by atoms with E-state index in [1.54, 1.807) is 14.0 Å². The SMILES string of the molecule is CCC(C(C)=O)C(C)CC(C)(C)OC. The topological polar surface area (TPSA) is 26.3 Å². The molecule has 0 amide bonds. The molecule has 0 aromatic rings. The summed E-state index contributed by atoms with van der Waals surface area (Å²) in [5.74, 6) is 0.878. The lowest BCUT2D eigenvalue weighted by atomic mass is 9.81. The molecule has 0 rings (SSSR count). The van der Waals surface area contributed by atoms with Gasteiger partial charge in [-0.2, -0.15) is 0 Å². The second-order valence-electron chi connectivity index (χ2n) is 4.77.